The van der Waals surface area contributed by atoms with Crippen molar-refractivity contribution in [2.75, 3.05) is 5.75 Å². The lowest BCUT2D eigenvalue weighted by molar-refractivity contribution is -0.141. The summed E-state index contributed by atoms with van der Waals surface area (Å²) in [5, 5.41) is 7.46. The Hall–Kier alpha value is -3.08. The van der Waals surface area contributed by atoms with Crippen molar-refractivity contribution in [1.82, 2.24) is 24.7 Å². The van der Waals surface area contributed by atoms with Crippen molar-refractivity contribution in [1.29, 1.82) is 0 Å². The molecule has 0 aliphatic carbocycles. The molecule has 150 valence electrons. The molecule has 0 radical (unpaired) electrons. The lowest BCUT2D eigenvalue weighted by Gasteiger charge is -2.10. The van der Waals surface area contributed by atoms with Crippen molar-refractivity contribution in [3.8, 4) is 11.5 Å². The number of alkyl halides is 3. The van der Waals surface area contributed by atoms with Crippen molar-refractivity contribution >= 4 is 31.9 Å². The number of sulfone groups is 1. The van der Waals surface area contributed by atoms with Crippen LogP contribution in [-0.4, -0.2) is 38.9 Å². The highest BCUT2D eigenvalue weighted by molar-refractivity contribution is 7.91. The molecule has 0 saturated heterocycles. The third kappa shape index (κ3) is 3.20. The Morgan fingerprint density at radius 2 is 1.76 bits per heavy atom. The van der Waals surface area contributed by atoms with Crippen LogP contribution in [0.5, 0.6) is 0 Å². The second-order valence-electron chi connectivity index (χ2n) is 6.36. The minimum absolute atomic E-state index is 0.0406. The highest BCUT2D eigenvalue weighted by Crippen LogP contribution is 2.32. The molecular formula is C18H14F3N5O2S. The number of para-hydroxylation sites is 1. The summed E-state index contributed by atoms with van der Waals surface area (Å²) < 4.78 is 65.7. The molecule has 0 saturated carbocycles. The van der Waals surface area contributed by atoms with Gasteiger partial charge in [-0.25, -0.2) is 18.4 Å². The maximum absolute atomic E-state index is 13.0. The summed E-state index contributed by atoms with van der Waals surface area (Å²) in [7, 11) is -2.17. The molecule has 0 N–H and O–H groups in total. The van der Waals surface area contributed by atoms with Crippen LogP contribution in [0.1, 0.15) is 12.6 Å². The van der Waals surface area contributed by atoms with Gasteiger partial charge in [-0.2, -0.15) is 13.2 Å². The van der Waals surface area contributed by atoms with E-state index >= 15 is 0 Å². The van der Waals surface area contributed by atoms with E-state index in [-0.39, 0.29) is 33.3 Å². The molecule has 3 heterocycles. The lowest BCUT2D eigenvalue weighted by atomic mass is 10.2. The van der Waals surface area contributed by atoms with Crippen molar-refractivity contribution in [3.63, 3.8) is 0 Å². The van der Waals surface area contributed by atoms with Crippen molar-refractivity contribution < 1.29 is 21.6 Å². The van der Waals surface area contributed by atoms with Gasteiger partial charge in [0.15, 0.2) is 27.0 Å². The zero-order chi connectivity index (χ0) is 21.0. The fourth-order valence-electron chi connectivity index (χ4n) is 2.99. The summed E-state index contributed by atoms with van der Waals surface area (Å²) in [6.45, 7) is 1.50. The molecule has 0 fully saturated rings. The standard InChI is InChI=1S/C18H14F3N5O2S/c1-3-29(27,28)13-8-10-6-4-5-7-11(10)22-15(13)17-23-12-9-14(18(19,20)21)24-25-16(12)26(17)2/h4-9H,3H2,1-2H3. The van der Waals surface area contributed by atoms with E-state index in [0.717, 1.165) is 6.07 Å². The maximum atomic E-state index is 13.0. The van der Waals surface area contributed by atoms with E-state index < -0.39 is 21.7 Å². The number of aryl methyl sites for hydroxylation is 1. The fraction of sp³-hybridized carbons (Fsp3) is 0.222. The minimum Gasteiger partial charge on any atom is -0.309 e. The van der Waals surface area contributed by atoms with Crippen LogP contribution in [0.3, 0.4) is 0 Å². The Morgan fingerprint density at radius 1 is 1.03 bits per heavy atom. The summed E-state index contributed by atoms with van der Waals surface area (Å²) in [6, 6.07) is 9.24. The van der Waals surface area contributed by atoms with E-state index in [2.05, 4.69) is 20.2 Å². The smallest absolute Gasteiger partial charge is 0.309 e. The Balaban J connectivity index is 2.04. The van der Waals surface area contributed by atoms with Crippen LogP contribution >= 0.6 is 0 Å². The molecule has 1 aromatic carbocycles. The van der Waals surface area contributed by atoms with Crippen molar-refractivity contribution in [2.45, 2.75) is 18.0 Å². The van der Waals surface area contributed by atoms with Gasteiger partial charge in [-0.05, 0) is 12.1 Å². The number of nitrogens with zero attached hydrogens (tertiary/aromatic N) is 5. The fourth-order valence-corrected chi connectivity index (χ4v) is 4.03. The SMILES string of the molecule is CCS(=O)(=O)c1cc2ccccc2nc1-c1nc2cc(C(F)(F)F)nnc2n1C. The predicted octanol–water partition coefficient (Wildman–Crippen LogP) is 3.39. The Kier molecular flexibility index (Phi) is 4.30. The number of halogens is 3. The molecule has 3 aromatic heterocycles. The normalized spacial score (nSPS) is 12.7. The molecule has 0 aliphatic heterocycles. The van der Waals surface area contributed by atoms with Crippen LogP contribution in [0.15, 0.2) is 41.3 Å². The van der Waals surface area contributed by atoms with Gasteiger partial charge in [0.2, 0.25) is 0 Å². The monoisotopic (exact) mass is 421 g/mol. The summed E-state index contributed by atoms with van der Waals surface area (Å²) >= 11 is 0. The van der Waals surface area contributed by atoms with Gasteiger partial charge in [0, 0.05) is 18.5 Å². The van der Waals surface area contributed by atoms with Gasteiger partial charge in [0.1, 0.15) is 11.2 Å². The van der Waals surface area contributed by atoms with E-state index in [1.54, 1.807) is 24.3 Å². The molecule has 0 aliphatic rings. The number of hydrogen-bond acceptors (Lipinski definition) is 6. The van der Waals surface area contributed by atoms with Gasteiger partial charge in [0.25, 0.3) is 0 Å². The molecule has 4 aromatic rings. The number of imidazole rings is 1. The second-order valence-corrected chi connectivity index (χ2v) is 8.61. The molecule has 0 unspecified atom stereocenters. The summed E-state index contributed by atoms with van der Waals surface area (Å²) in [5.41, 5.74) is -0.559. The highest BCUT2D eigenvalue weighted by atomic mass is 32.2. The first-order chi connectivity index (χ1) is 13.6. The number of hydrogen-bond donors (Lipinski definition) is 0. The number of aromatic nitrogens is 5. The van der Waals surface area contributed by atoms with E-state index in [1.807, 2.05) is 0 Å². The number of benzene rings is 1. The van der Waals surface area contributed by atoms with Crippen molar-refractivity contribution in [3.05, 3.63) is 42.1 Å². The van der Waals surface area contributed by atoms with Gasteiger partial charge in [-0.3, -0.25) is 0 Å². The van der Waals surface area contributed by atoms with Crippen molar-refractivity contribution in [2.24, 2.45) is 7.05 Å². The topological polar surface area (TPSA) is 90.6 Å². The summed E-state index contributed by atoms with van der Waals surface area (Å²) in [6.07, 6.45) is -4.67. The largest absolute Gasteiger partial charge is 0.435 e. The Bertz CT molecular complexity index is 1360. The van der Waals surface area contributed by atoms with Crippen LogP contribution in [0.25, 0.3) is 33.6 Å². The average Bonchev–Trinajstić information content (AvgIpc) is 3.02. The van der Waals surface area contributed by atoms with Gasteiger partial charge < -0.3 is 4.57 Å². The molecule has 7 nitrogen and oxygen atoms in total. The average molecular weight is 421 g/mol. The molecule has 0 atom stereocenters. The molecule has 29 heavy (non-hydrogen) atoms. The van der Waals surface area contributed by atoms with E-state index in [9.17, 15) is 21.6 Å². The van der Waals surface area contributed by atoms with Gasteiger partial charge in [0.05, 0.1) is 16.2 Å². The van der Waals surface area contributed by atoms with E-state index in [0.29, 0.717) is 10.9 Å². The first kappa shape index (κ1) is 19.2. The lowest BCUT2D eigenvalue weighted by Crippen LogP contribution is -2.09. The third-order valence-corrected chi connectivity index (χ3v) is 6.26. The first-order valence-electron chi connectivity index (χ1n) is 8.52. The highest BCUT2D eigenvalue weighted by Gasteiger charge is 2.34. The molecule has 4 rings (SSSR count). The predicted molar refractivity (Wildman–Crippen MR) is 99.8 cm³/mol. The van der Waals surface area contributed by atoms with Crippen LogP contribution < -0.4 is 0 Å². The Morgan fingerprint density at radius 3 is 2.45 bits per heavy atom. The Labute approximate surface area is 163 Å². The molecular weight excluding hydrogens is 407 g/mol. The maximum Gasteiger partial charge on any atom is 0.435 e. The molecule has 0 amide bonds. The quantitative estimate of drug-likeness (QED) is 0.504. The zero-order valence-electron chi connectivity index (χ0n) is 15.3. The van der Waals surface area contributed by atoms with Crippen LogP contribution in [0.4, 0.5) is 13.2 Å². The van der Waals surface area contributed by atoms with E-state index in [1.165, 1.54) is 24.6 Å². The molecule has 0 spiro atoms. The third-order valence-electron chi connectivity index (χ3n) is 4.52. The first-order valence-corrected chi connectivity index (χ1v) is 10.2. The second kappa shape index (κ2) is 6.48. The number of pyridine rings is 1. The van der Waals surface area contributed by atoms with Gasteiger partial charge in [-0.1, -0.05) is 25.1 Å². The van der Waals surface area contributed by atoms with E-state index in [4.69, 9.17) is 0 Å². The molecule has 11 heteroatoms. The van der Waals surface area contributed by atoms with Crippen LogP contribution in [0, 0.1) is 0 Å². The van der Waals surface area contributed by atoms with Crippen LogP contribution in [-0.2, 0) is 23.1 Å². The number of fused-ring (bicyclic) bond motifs is 2. The molecule has 0 bridgehead atoms. The van der Waals surface area contributed by atoms with Gasteiger partial charge in [-0.15, -0.1) is 10.2 Å². The minimum atomic E-state index is -4.67. The zero-order valence-corrected chi connectivity index (χ0v) is 16.1. The number of rotatable bonds is 3. The summed E-state index contributed by atoms with van der Waals surface area (Å²) in [5.74, 6) is -0.0754. The van der Waals surface area contributed by atoms with Crippen LogP contribution in [0.2, 0.25) is 0 Å². The summed E-state index contributed by atoms with van der Waals surface area (Å²) in [4.78, 5) is 8.62. The van der Waals surface area contributed by atoms with Gasteiger partial charge >= 0.3 is 6.18 Å².